The zero-order valence-corrected chi connectivity index (χ0v) is 19.3. The van der Waals surface area contributed by atoms with Gasteiger partial charge in [-0.2, -0.15) is 0 Å². The van der Waals surface area contributed by atoms with Crippen molar-refractivity contribution >= 4 is 22.8 Å². The number of nitrogens with one attached hydrogen (secondary N) is 1. The van der Waals surface area contributed by atoms with Gasteiger partial charge in [0.15, 0.2) is 0 Å². The highest BCUT2D eigenvalue weighted by molar-refractivity contribution is 6.06. The number of amides is 2. The third-order valence-electron chi connectivity index (χ3n) is 6.44. The summed E-state index contributed by atoms with van der Waals surface area (Å²) in [4.78, 5) is 28.6. The van der Waals surface area contributed by atoms with Crippen LogP contribution < -0.4 is 5.32 Å². The average Bonchev–Trinajstić information content (AvgIpc) is 3.55. The van der Waals surface area contributed by atoms with E-state index >= 15 is 0 Å². The van der Waals surface area contributed by atoms with Gasteiger partial charge in [0.1, 0.15) is 5.58 Å². The van der Waals surface area contributed by atoms with Gasteiger partial charge in [-0.15, -0.1) is 0 Å². The molecule has 5 heteroatoms. The van der Waals surface area contributed by atoms with Crippen LogP contribution in [0, 0.1) is 12.8 Å². The van der Waals surface area contributed by atoms with Gasteiger partial charge in [-0.05, 0) is 60.6 Å². The first kappa shape index (κ1) is 22.0. The van der Waals surface area contributed by atoms with Crippen LogP contribution in [-0.2, 0) is 0 Å². The number of furan rings is 1. The lowest BCUT2D eigenvalue weighted by Gasteiger charge is -2.25. The Morgan fingerprint density at radius 1 is 0.971 bits per heavy atom. The van der Waals surface area contributed by atoms with Gasteiger partial charge < -0.3 is 14.6 Å². The van der Waals surface area contributed by atoms with Crippen LogP contribution in [0.5, 0.6) is 0 Å². The predicted octanol–water partition coefficient (Wildman–Crippen LogP) is 5.69. The van der Waals surface area contributed by atoms with E-state index in [4.69, 9.17) is 4.42 Å². The van der Waals surface area contributed by atoms with Crippen molar-refractivity contribution in [1.29, 1.82) is 0 Å². The lowest BCUT2D eigenvalue weighted by atomic mass is 9.95. The summed E-state index contributed by atoms with van der Waals surface area (Å²) in [7, 11) is 0. The van der Waals surface area contributed by atoms with E-state index in [9.17, 15) is 9.59 Å². The molecule has 5 nitrogen and oxygen atoms in total. The van der Waals surface area contributed by atoms with Crippen molar-refractivity contribution in [3.8, 4) is 11.1 Å². The topological polar surface area (TPSA) is 62.6 Å². The number of hydrogen-bond acceptors (Lipinski definition) is 3. The molecule has 0 atom stereocenters. The molecule has 2 amide bonds. The van der Waals surface area contributed by atoms with Crippen molar-refractivity contribution in [3.63, 3.8) is 0 Å². The zero-order chi connectivity index (χ0) is 23.5. The minimum Gasteiger partial charge on any atom is -0.464 e. The highest BCUT2D eigenvalue weighted by atomic mass is 16.3. The lowest BCUT2D eigenvalue weighted by molar-refractivity contribution is 0.0741. The maximum absolute atomic E-state index is 13.8. The van der Waals surface area contributed by atoms with Gasteiger partial charge in [-0.3, -0.25) is 9.59 Å². The number of aryl methyl sites for hydroxylation is 1. The van der Waals surface area contributed by atoms with Crippen LogP contribution in [0.2, 0.25) is 0 Å². The van der Waals surface area contributed by atoms with E-state index in [-0.39, 0.29) is 11.8 Å². The second kappa shape index (κ2) is 9.56. The summed E-state index contributed by atoms with van der Waals surface area (Å²) in [6, 6.07) is 23.3. The summed E-state index contributed by atoms with van der Waals surface area (Å²) in [5.74, 6) is 0.408. The smallest absolute Gasteiger partial charge is 0.254 e. The summed E-state index contributed by atoms with van der Waals surface area (Å²) in [5, 5.41) is 3.79. The molecule has 34 heavy (non-hydrogen) atoms. The second-order valence-corrected chi connectivity index (χ2v) is 8.95. The van der Waals surface area contributed by atoms with Crippen molar-refractivity contribution in [2.75, 3.05) is 19.6 Å². The van der Waals surface area contributed by atoms with Crippen LogP contribution in [0.1, 0.15) is 39.1 Å². The van der Waals surface area contributed by atoms with E-state index < -0.39 is 0 Å². The van der Waals surface area contributed by atoms with Gasteiger partial charge >= 0.3 is 0 Å². The molecular weight excluding hydrogens is 424 g/mol. The van der Waals surface area contributed by atoms with Gasteiger partial charge in [-0.25, -0.2) is 0 Å². The quantitative estimate of drug-likeness (QED) is 0.374. The summed E-state index contributed by atoms with van der Waals surface area (Å²) >= 11 is 0. The number of fused-ring (bicyclic) bond motifs is 1. The van der Waals surface area contributed by atoms with Gasteiger partial charge in [0.2, 0.25) is 0 Å². The third kappa shape index (κ3) is 4.60. The Labute approximate surface area is 199 Å². The molecule has 5 rings (SSSR count). The van der Waals surface area contributed by atoms with Crippen LogP contribution in [0.25, 0.3) is 22.1 Å². The Kier molecular flexibility index (Phi) is 6.17. The van der Waals surface area contributed by atoms with E-state index in [0.29, 0.717) is 36.7 Å². The van der Waals surface area contributed by atoms with Gasteiger partial charge in [0.25, 0.3) is 11.8 Å². The first-order valence-corrected chi connectivity index (χ1v) is 11.8. The number of carbonyl (C=O) groups is 2. The molecule has 0 unspecified atom stereocenters. The highest BCUT2D eigenvalue weighted by Crippen LogP contribution is 2.32. The largest absolute Gasteiger partial charge is 0.464 e. The number of hydrogen-bond donors (Lipinski definition) is 1. The van der Waals surface area contributed by atoms with E-state index in [1.165, 1.54) is 0 Å². The molecule has 1 N–H and O–H groups in total. The molecule has 172 valence electrons. The predicted molar refractivity (Wildman–Crippen MR) is 134 cm³/mol. The average molecular weight is 453 g/mol. The second-order valence-electron chi connectivity index (χ2n) is 8.95. The molecule has 0 spiro atoms. The first-order chi connectivity index (χ1) is 16.6. The minimum absolute atomic E-state index is 0.0232. The minimum atomic E-state index is -0.160. The molecule has 0 bridgehead atoms. The summed E-state index contributed by atoms with van der Waals surface area (Å²) < 4.78 is 5.41. The zero-order valence-electron chi connectivity index (χ0n) is 19.3. The molecule has 1 aliphatic rings. The first-order valence-electron chi connectivity index (χ1n) is 11.8. The molecular formula is C29H28N2O3. The van der Waals surface area contributed by atoms with Gasteiger partial charge in [0, 0.05) is 25.0 Å². The molecule has 1 heterocycles. The molecule has 1 fully saturated rings. The standard InChI is InChI=1S/C29H28N2O3/c1-20-7-5-10-23(22-8-3-2-4-9-22)27(20)29(33)31(19-21-13-14-21)17-16-30-28(32)25-11-6-12-26-24(25)15-18-34-26/h2-12,15,18,21H,13-14,16-17,19H2,1H3,(H,30,32). The molecule has 1 aliphatic carbocycles. The molecule has 0 radical (unpaired) electrons. The van der Waals surface area contributed by atoms with Crippen molar-refractivity contribution < 1.29 is 14.0 Å². The molecule has 0 aliphatic heterocycles. The fraction of sp³-hybridized carbons (Fsp3) is 0.241. The van der Waals surface area contributed by atoms with E-state index in [2.05, 4.69) is 5.32 Å². The summed E-state index contributed by atoms with van der Waals surface area (Å²) in [6.07, 6.45) is 3.89. The molecule has 3 aromatic carbocycles. The Morgan fingerprint density at radius 2 is 1.76 bits per heavy atom. The van der Waals surface area contributed by atoms with Crippen LogP contribution in [0.3, 0.4) is 0 Å². The number of rotatable bonds is 8. The summed E-state index contributed by atoms with van der Waals surface area (Å²) in [5.41, 5.74) is 4.94. The highest BCUT2D eigenvalue weighted by Gasteiger charge is 2.29. The maximum atomic E-state index is 13.8. The molecule has 1 aromatic heterocycles. The van der Waals surface area contributed by atoms with Crippen molar-refractivity contribution in [1.82, 2.24) is 10.2 Å². The number of carbonyl (C=O) groups excluding carboxylic acids is 2. The molecule has 0 saturated heterocycles. The normalized spacial score (nSPS) is 13.1. The Balaban J connectivity index is 1.34. The lowest BCUT2D eigenvalue weighted by Crippen LogP contribution is -2.40. The number of benzene rings is 3. The van der Waals surface area contributed by atoms with Crippen LogP contribution >= 0.6 is 0 Å². The van der Waals surface area contributed by atoms with Gasteiger partial charge in [-0.1, -0.05) is 54.6 Å². The van der Waals surface area contributed by atoms with Crippen LogP contribution in [0.15, 0.2) is 83.5 Å². The van der Waals surface area contributed by atoms with E-state index in [0.717, 1.165) is 40.5 Å². The van der Waals surface area contributed by atoms with Crippen LogP contribution in [0.4, 0.5) is 0 Å². The Morgan fingerprint density at radius 3 is 2.56 bits per heavy atom. The Bertz CT molecular complexity index is 1320. The number of nitrogens with zero attached hydrogens (tertiary/aromatic N) is 1. The fourth-order valence-electron chi connectivity index (χ4n) is 4.45. The third-order valence-corrected chi connectivity index (χ3v) is 6.44. The van der Waals surface area contributed by atoms with E-state index in [1.807, 2.05) is 72.5 Å². The molecule has 1 saturated carbocycles. The van der Waals surface area contributed by atoms with Crippen molar-refractivity contribution in [2.24, 2.45) is 5.92 Å². The monoisotopic (exact) mass is 452 g/mol. The van der Waals surface area contributed by atoms with Crippen molar-refractivity contribution in [2.45, 2.75) is 19.8 Å². The fourth-order valence-corrected chi connectivity index (χ4v) is 4.45. The molecule has 4 aromatic rings. The summed E-state index contributed by atoms with van der Waals surface area (Å²) in [6.45, 7) is 3.56. The Hall–Kier alpha value is -3.86. The maximum Gasteiger partial charge on any atom is 0.254 e. The SMILES string of the molecule is Cc1cccc(-c2ccccc2)c1C(=O)N(CCNC(=O)c1cccc2occc12)CC1CC1. The van der Waals surface area contributed by atoms with Crippen molar-refractivity contribution in [3.05, 3.63) is 95.7 Å². The van der Waals surface area contributed by atoms with Crippen LogP contribution in [-0.4, -0.2) is 36.3 Å². The van der Waals surface area contributed by atoms with E-state index in [1.54, 1.807) is 18.4 Å². The van der Waals surface area contributed by atoms with Gasteiger partial charge in [0.05, 0.1) is 17.4 Å².